The van der Waals surface area contributed by atoms with Gasteiger partial charge in [0.1, 0.15) is 0 Å². The quantitative estimate of drug-likeness (QED) is 0.153. The van der Waals surface area contributed by atoms with Crippen LogP contribution in [0.2, 0.25) is 0 Å². The van der Waals surface area contributed by atoms with Crippen molar-refractivity contribution in [2.24, 2.45) is 0 Å². The Hall–Kier alpha value is -1.69. The van der Waals surface area contributed by atoms with Gasteiger partial charge in [0.05, 0.1) is 3.70 Å². The summed E-state index contributed by atoms with van der Waals surface area (Å²) in [5, 5.41) is 8.45. The molecule has 0 spiro atoms. The van der Waals surface area contributed by atoms with Gasteiger partial charge in [-0.3, -0.25) is 4.68 Å². The first-order chi connectivity index (χ1) is 13.3. The van der Waals surface area contributed by atoms with E-state index in [9.17, 15) is 0 Å². The zero-order valence-corrected chi connectivity index (χ0v) is 19.9. The van der Waals surface area contributed by atoms with Crippen LogP contribution < -0.4 is 0 Å². The minimum Gasteiger partial charge on any atom is -0.285 e. The molecule has 0 atom stereocenters. The standard InChI is InChI=1S/C13H10IN3.2C5H5.2Fe/c14-13-12(11-7-3-4-8-11)15-16-17(13)9-10-5-1-2-6-10;2*1-2-4-5-3-1;;/h1-8H,9H2;2*1-5H;;/q-2;2*-1;2*+2. The second-order valence-corrected chi connectivity index (χ2v) is 6.80. The summed E-state index contributed by atoms with van der Waals surface area (Å²) in [5.74, 6) is 0. The number of hydrogen-bond donors (Lipinski definition) is 0. The molecule has 0 saturated heterocycles. The first kappa shape index (κ1) is 25.3. The fraction of sp³-hybridized carbons (Fsp3) is 0.0435. The van der Waals surface area contributed by atoms with E-state index < -0.39 is 0 Å². The van der Waals surface area contributed by atoms with Gasteiger partial charge in [0, 0.05) is 12.2 Å². The molecule has 3 nitrogen and oxygen atoms in total. The van der Waals surface area contributed by atoms with Crippen LogP contribution in [0.4, 0.5) is 0 Å². The zero-order chi connectivity index (χ0) is 18.7. The number of rotatable bonds is 3. The molecule has 1 aromatic heterocycles. The van der Waals surface area contributed by atoms with Crippen LogP contribution in [-0.2, 0) is 40.7 Å². The molecule has 0 N–H and O–H groups in total. The summed E-state index contributed by atoms with van der Waals surface area (Å²) >= 11 is 2.30. The van der Waals surface area contributed by atoms with Crippen LogP contribution in [0.3, 0.4) is 0 Å². The third-order valence-electron chi connectivity index (χ3n) is 3.79. The number of halogens is 1. The summed E-state index contributed by atoms with van der Waals surface area (Å²) < 4.78 is 3.01. The average Bonchev–Trinajstić information content (AvgIpc) is 3.50. The van der Waals surface area contributed by atoms with E-state index >= 15 is 0 Å². The van der Waals surface area contributed by atoms with Crippen molar-refractivity contribution < 1.29 is 34.1 Å². The second kappa shape index (κ2) is 14.3. The van der Waals surface area contributed by atoms with Crippen LogP contribution in [0, 0.1) is 3.70 Å². The smallest absolute Gasteiger partial charge is 0.285 e. The predicted octanol–water partition coefficient (Wildman–Crippen LogP) is 5.84. The molecule has 0 aliphatic carbocycles. The second-order valence-electron chi connectivity index (χ2n) is 5.78. The van der Waals surface area contributed by atoms with Crippen molar-refractivity contribution in [1.82, 2.24) is 15.0 Å². The fourth-order valence-electron chi connectivity index (χ4n) is 2.44. The van der Waals surface area contributed by atoms with E-state index in [2.05, 4.69) is 57.2 Å². The first-order valence-corrected chi connectivity index (χ1v) is 9.77. The van der Waals surface area contributed by atoms with E-state index in [-0.39, 0.29) is 34.1 Å². The van der Waals surface area contributed by atoms with Crippen LogP contribution in [-0.4, -0.2) is 15.0 Å². The summed E-state index contributed by atoms with van der Waals surface area (Å²) in [5.41, 5.74) is 3.34. The monoisotopic (exact) mass is 577 g/mol. The van der Waals surface area contributed by atoms with E-state index in [1.54, 1.807) is 0 Å². The number of hydrogen-bond acceptors (Lipinski definition) is 2. The van der Waals surface area contributed by atoms with Gasteiger partial charge in [0.2, 0.25) is 0 Å². The molecule has 5 rings (SSSR count). The van der Waals surface area contributed by atoms with Crippen molar-refractivity contribution in [1.29, 1.82) is 0 Å². The Kier molecular flexibility index (Phi) is 12.5. The van der Waals surface area contributed by atoms with Gasteiger partial charge in [-0.15, -0.1) is 17.7 Å². The Morgan fingerprint density at radius 1 is 0.759 bits per heavy atom. The van der Waals surface area contributed by atoms with Gasteiger partial charge in [-0.2, -0.15) is 65.8 Å². The van der Waals surface area contributed by atoms with Crippen LogP contribution >= 0.6 is 22.6 Å². The van der Waals surface area contributed by atoms with Crippen molar-refractivity contribution in [3.8, 4) is 11.3 Å². The molecule has 150 valence electrons. The van der Waals surface area contributed by atoms with Crippen molar-refractivity contribution >= 4 is 22.6 Å². The molecule has 4 aromatic carbocycles. The Morgan fingerprint density at radius 3 is 1.69 bits per heavy atom. The summed E-state index contributed by atoms with van der Waals surface area (Å²) in [6.45, 7) is 0.777. The van der Waals surface area contributed by atoms with Crippen molar-refractivity contribution in [3.05, 3.63) is 118 Å². The van der Waals surface area contributed by atoms with E-state index in [0.29, 0.717) is 0 Å². The Morgan fingerprint density at radius 2 is 1.24 bits per heavy atom. The van der Waals surface area contributed by atoms with Crippen molar-refractivity contribution in [2.75, 3.05) is 0 Å². The maximum Gasteiger partial charge on any atom is 2.00 e. The summed E-state index contributed by atoms with van der Waals surface area (Å²) in [4.78, 5) is 0. The Balaban J connectivity index is 0.000000290. The van der Waals surface area contributed by atoms with E-state index in [0.717, 1.165) is 21.5 Å². The summed E-state index contributed by atoms with van der Waals surface area (Å²) in [6, 6.07) is 36.4. The third-order valence-corrected chi connectivity index (χ3v) is 4.85. The SMILES string of the molecule is Ic1c(-[c-]2cccc2)nnn1C[c-]1cccc1.[Fe+2].[Fe+2].c1cc[cH-]c1.c1cc[cH-]c1. The predicted molar refractivity (Wildman–Crippen MR) is 119 cm³/mol. The first-order valence-electron chi connectivity index (χ1n) is 8.69. The van der Waals surface area contributed by atoms with E-state index in [1.165, 1.54) is 5.56 Å². The minimum absolute atomic E-state index is 0. The van der Waals surface area contributed by atoms with Crippen LogP contribution in [0.1, 0.15) is 5.56 Å². The molecule has 0 amide bonds. The van der Waals surface area contributed by atoms with Crippen LogP contribution in [0.15, 0.2) is 109 Å². The van der Waals surface area contributed by atoms with Crippen LogP contribution in [0.5, 0.6) is 0 Å². The Bertz CT molecular complexity index is 891. The third kappa shape index (κ3) is 8.29. The molecule has 6 heteroatoms. The molecule has 0 bridgehead atoms. The molecule has 5 aromatic rings. The van der Waals surface area contributed by atoms with Gasteiger partial charge in [-0.25, -0.2) is 36.4 Å². The van der Waals surface area contributed by atoms with Gasteiger partial charge in [0.25, 0.3) is 0 Å². The Labute approximate surface area is 206 Å². The molecule has 0 aliphatic heterocycles. The fourth-order valence-corrected chi connectivity index (χ4v) is 3.13. The maximum absolute atomic E-state index is 4.24. The molecule has 0 aliphatic rings. The molecule has 0 unspecified atom stereocenters. The molecular formula is C23H20Fe2IN3. The van der Waals surface area contributed by atoms with Gasteiger partial charge >= 0.3 is 34.1 Å². The minimum atomic E-state index is 0. The molecule has 0 radical (unpaired) electrons. The molecular weight excluding hydrogens is 557 g/mol. The van der Waals surface area contributed by atoms with Crippen molar-refractivity contribution in [2.45, 2.75) is 6.54 Å². The molecule has 0 fully saturated rings. The summed E-state index contributed by atoms with van der Waals surface area (Å²) in [7, 11) is 0. The van der Waals surface area contributed by atoms with Gasteiger partial charge in [-0.05, 0) is 0 Å². The van der Waals surface area contributed by atoms with Crippen LogP contribution in [0.25, 0.3) is 11.3 Å². The van der Waals surface area contributed by atoms with Crippen molar-refractivity contribution in [3.63, 3.8) is 0 Å². The van der Waals surface area contributed by atoms with Gasteiger partial charge < -0.3 is 0 Å². The normalized spacial score (nSPS) is 9.14. The number of nitrogens with zero attached hydrogens (tertiary/aromatic N) is 3. The van der Waals surface area contributed by atoms with Gasteiger partial charge in [0.15, 0.2) is 0 Å². The van der Waals surface area contributed by atoms with Gasteiger partial charge in [-0.1, -0.05) is 33.4 Å². The summed E-state index contributed by atoms with van der Waals surface area (Å²) in [6.07, 6.45) is 0. The molecule has 29 heavy (non-hydrogen) atoms. The average molecular weight is 577 g/mol. The maximum atomic E-state index is 4.24. The topological polar surface area (TPSA) is 30.7 Å². The van der Waals surface area contributed by atoms with E-state index in [1.807, 2.05) is 89.6 Å². The molecule has 1 heterocycles. The van der Waals surface area contributed by atoms with E-state index in [4.69, 9.17) is 0 Å². The largest absolute Gasteiger partial charge is 2.00 e. The number of aromatic nitrogens is 3. The zero-order valence-electron chi connectivity index (χ0n) is 15.5. The molecule has 0 saturated carbocycles.